The van der Waals surface area contributed by atoms with Crippen LogP contribution in [0.1, 0.15) is 11.7 Å². The quantitative estimate of drug-likeness (QED) is 0.548. The molecule has 1 aliphatic rings. The second-order valence-corrected chi connectivity index (χ2v) is 2.92. The molecule has 2 rings (SSSR count). The van der Waals surface area contributed by atoms with Crippen LogP contribution >= 0.6 is 11.6 Å². The maximum absolute atomic E-state index is 5.78. The van der Waals surface area contributed by atoms with Gasteiger partial charge in [-0.2, -0.15) is 0 Å². The van der Waals surface area contributed by atoms with Crippen molar-refractivity contribution in [2.75, 3.05) is 5.43 Å². The van der Waals surface area contributed by atoms with Crippen molar-refractivity contribution in [3.63, 3.8) is 0 Å². The molecule has 11 heavy (non-hydrogen) atoms. The standard InChI is InChI=1S/C7H8ClN3/c8-4-1-2-6-5(3-4)7(9)11-10-6/h1-3,7,10-11H,9H2. The second kappa shape index (κ2) is 2.37. The van der Waals surface area contributed by atoms with Crippen molar-refractivity contribution in [3.8, 4) is 0 Å². The van der Waals surface area contributed by atoms with Gasteiger partial charge in [-0.1, -0.05) is 11.6 Å². The number of hydrogen-bond donors (Lipinski definition) is 3. The zero-order valence-electron chi connectivity index (χ0n) is 5.76. The summed E-state index contributed by atoms with van der Waals surface area (Å²) in [4.78, 5) is 0. The molecule has 1 aliphatic heterocycles. The minimum absolute atomic E-state index is 0.149. The molecular formula is C7H8ClN3. The van der Waals surface area contributed by atoms with Crippen LogP contribution in [-0.4, -0.2) is 0 Å². The minimum atomic E-state index is -0.149. The average Bonchev–Trinajstić information content (AvgIpc) is 2.33. The number of benzene rings is 1. The number of rotatable bonds is 0. The minimum Gasteiger partial charge on any atom is -0.319 e. The highest BCUT2D eigenvalue weighted by Gasteiger charge is 2.17. The van der Waals surface area contributed by atoms with Gasteiger partial charge in [0.1, 0.15) is 6.17 Å². The van der Waals surface area contributed by atoms with Crippen LogP contribution in [0.3, 0.4) is 0 Å². The van der Waals surface area contributed by atoms with Gasteiger partial charge in [0, 0.05) is 10.6 Å². The van der Waals surface area contributed by atoms with E-state index >= 15 is 0 Å². The number of halogens is 1. The maximum Gasteiger partial charge on any atom is 0.100 e. The zero-order valence-corrected chi connectivity index (χ0v) is 6.52. The molecule has 3 nitrogen and oxygen atoms in total. The second-order valence-electron chi connectivity index (χ2n) is 2.48. The van der Waals surface area contributed by atoms with Crippen molar-refractivity contribution in [3.05, 3.63) is 28.8 Å². The normalized spacial score (nSPS) is 21.1. The van der Waals surface area contributed by atoms with Crippen molar-refractivity contribution in [2.24, 2.45) is 5.73 Å². The van der Waals surface area contributed by atoms with Crippen LogP contribution in [-0.2, 0) is 0 Å². The first-order valence-corrected chi connectivity index (χ1v) is 3.72. The van der Waals surface area contributed by atoms with E-state index in [2.05, 4.69) is 10.9 Å². The number of fused-ring (bicyclic) bond motifs is 1. The van der Waals surface area contributed by atoms with E-state index in [0.717, 1.165) is 11.3 Å². The van der Waals surface area contributed by atoms with Gasteiger partial charge < -0.3 is 11.2 Å². The summed E-state index contributed by atoms with van der Waals surface area (Å²) >= 11 is 5.78. The molecule has 1 aromatic rings. The van der Waals surface area contributed by atoms with E-state index in [9.17, 15) is 0 Å². The van der Waals surface area contributed by atoms with E-state index < -0.39 is 0 Å². The fourth-order valence-electron chi connectivity index (χ4n) is 1.14. The molecule has 58 valence electrons. The summed E-state index contributed by atoms with van der Waals surface area (Å²) in [5.74, 6) is 0. The summed E-state index contributed by atoms with van der Waals surface area (Å²) in [6.07, 6.45) is -0.149. The SMILES string of the molecule is NC1NNc2ccc(Cl)cc21. The molecular weight excluding hydrogens is 162 g/mol. The van der Waals surface area contributed by atoms with Crippen LogP contribution in [0.4, 0.5) is 5.69 Å². The Labute approximate surface area is 69.5 Å². The van der Waals surface area contributed by atoms with Crippen LogP contribution in [0.2, 0.25) is 5.02 Å². The molecule has 0 bridgehead atoms. The first-order chi connectivity index (χ1) is 5.27. The fraction of sp³-hybridized carbons (Fsp3) is 0.143. The van der Waals surface area contributed by atoms with Gasteiger partial charge in [0.15, 0.2) is 0 Å². The fourth-order valence-corrected chi connectivity index (χ4v) is 1.32. The molecule has 4 heteroatoms. The van der Waals surface area contributed by atoms with Gasteiger partial charge in [0.25, 0.3) is 0 Å². The molecule has 1 atom stereocenters. The Balaban J connectivity index is 2.52. The van der Waals surface area contributed by atoms with Gasteiger partial charge in [0.2, 0.25) is 0 Å². The molecule has 4 N–H and O–H groups in total. The van der Waals surface area contributed by atoms with Crippen molar-refractivity contribution in [1.29, 1.82) is 0 Å². The number of nitrogens with two attached hydrogens (primary N) is 1. The molecule has 1 heterocycles. The third kappa shape index (κ3) is 1.07. The lowest BCUT2D eigenvalue weighted by molar-refractivity contribution is 0.655. The van der Waals surface area contributed by atoms with Crippen molar-refractivity contribution in [1.82, 2.24) is 5.43 Å². The van der Waals surface area contributed by atoms with Crippen LogP contribution in [0, 0.1) is 0 Å². The number of nitrogens with one attached hydrogen (secondary N) is 2. The lowest BCUT2D eigenvalue weighted by atomic mass is 10.1. The summed E-state index contributed by atoms with van der Waals surface area (Å²) in [6.45, 7) is 0. The summed E-state index contributed by atoms with van der Waals surface area (Å²) in [5.41, 5.74) is 13.5. The lowest BCUT2D eigenvalue weighted by Gasteiger charge is -2.01. The Morgan fingerprint density at radius 3 is 3.09 bits per heavy atom. The zero-order chi connectivity index (χ0) is 7.84. The molecule has 0 saturated carbocycles. The lowest BCUT2D eigenvalue weighted by Crippen LogP contribution is -2.25. The predicted octanol–water partition coefficient (Wildman–Crippen LogP) is 1.23. The van der Waals surface area contributed by atoms with Gasteiger partial charge >= 0.3 is 0 Å². The third-order valence-electron chi connectivity index (χ3n) is 1.71. The van der Waals surface area contributed by atoms with Gasteiger partial charge in [0.05, 0.1) is 5.69 Å². The molecule has 1 unspecified atom stereocenters. The highest BCUT2D eigenvalue weighted by molar-refractivity contribution is 6.30. The van der Waals surface area contributed by atoms with Gasteiger partial charge in [-0.15, -0.1) is 0 Å². The maximum atomic E-state index is 5.78. The first kappa shape index (κ1) is 6.91. The Hall–Kier alpha value is -0.770. The van der Waals surface area contributed by atoms with E-state index in [1.54, 1.807) is 0 Å². The van der Waals surface area contributed by atoms with E-state index in [1.807, 2.05) is 18.2 Å². The van der Waals surface area contributed by atoms with Crippen LogP contribution in [0.15, 0.2) is 18.2 Å². The monoisotopic (exact) mass is 169 g/mol. The van der Waals surface area contributed by atoms with Crippen molar-refractivity contribution >= 4 is 17.3 Å². The predicted molar refractivity (Wildman–Crippen MR) is 45.1 cm³/mol. The molecule has 0 fully saturated rings. The van der Waals surface area contributed by atoms with E-state index in [-0.39, 0.29) is 6.17 Å². The van der Waals surface area contributed by atoms with Crippen LogP contribution in [0.25, 0.3) is 0 Å². The summed E-state index contributed by atoms with van der Waals surface area (Å²) in [5, 5.41) is 0.713. The van der Waals surface area contributed by atoms with Crippen molar-refractivity contribution < 1.29 is 0 Å². The topological polar surface area (TPSA) is 50.1 Å². The van der Waals surface area contributed by atoms with E-state index in [4.69, 9.17) is 17.3 Å². The van der Waals surface area contributed by atoms with Gasteiger partial charge in [-0.25, -0.2) is 5.43 Å². The number of anilines is 1. The largest absolute Gasteiger partial charge is 0.319 e. The van der Waals surface area contributed by atoms with Crippen molar-refractivity contribution in [2.45, 2.75) is 6.17 Å². The summed E-state index contributed by atoms with van der Waals surface area (Å²) in [7, 11) is 0. The van der Waals surface area contributed by atoms with Gasteiger partial charge in [-0.3, -0.25) is 0 Å². The average molecular weight is 170 g/mol. The third-order valence-corrected chi connectivity index (χ3v) is 1.95. The highest BCUT2D eigenvalue weighted by atomic mass is 35.5. The highest BCUT2D eigenvalue weighted by Crippen LogP contribution is 2.27. The van der Waals surface area contributed by atoms with E-state index in [1.165, 1.54) is 0 Å². The molecule has 0 radical (unpaired) electrons. The number of hydrazine groups is 1. The van der Waals surface area contributed by atoms with E-state index in [0.29, 0.717) is 5.02 Å². The molecule has 0 amide bonds. The Kier molecular flexibility index (Phi) is 1.49. The molecule has 0 saturated heterocycles. The molecule has 1 aromatic carbocycles. The number of hydrogen-bond acceptors (Lipinski definition) is 3. The molecule has 0 spiro atoms. The Bertz CT molecular complexity index is 287. The van der Waals surface area contributed by atoms with Gasteiger partial charge in [-0.05, 0) is 18.2 Å². The van der Waals surface area contributed by atoms with Crippen LogP contribution in [0.5, 0.6) is 0 Å². The first-order valence-electron chi connectivity index (χ1n) is 3.34. The van der Waals surface area contributed by atoms with Crippen LogP contribution < -0.4 is 16.6 Å². The molecule has 0 aromatic heterocycles. The Morgan fingerprint density at radius 2 is 2.27 bits per heavy atom. The summed E-state index contributed by atoms with van der Waals surface area (Å²) in [6, 6.07) is 5.58. The Morgan fingerprint density at radius 1 is 1.45 bits per heavy atom. The molecule has 0 aliphatic carbocycles. The smallest absolute Gasteiger partial charge is 0.100 e. The summed E-state index contributed by atoms with van der Waals surface area (Å²) < 4.78 is 0.